The number of aryl methyl sites for hydroxylation is 1. The molecule has 0 radical (unpaired) electrons. The highest BCUT2D eigenvalue weighted by Gasteiger charge is 2.31. The second-order valence-electron chi connectivity index (χ2n) is 5.71. The van der Waals surface area contributed by atoms with Gasteiger partial charge in [0.25, 0.3) is 0 Å². The lowest BCUT2D eigenvalue weighted by atomic mass is 10.3. The number of nitrogens with zero attached hydrogens (tertiary/aromatic N) is 2. The van der Waals surface area contributed by atoms with E-state index in [0.717, 1.165) is 26.6 Å². The highest BCUT2D eigenvalue weighted by Crippen LogP contribution is 2.48. The highest BCUT2D eigenvalue weighted by molar-refractivity contribution is 7.61. The molecule has 6 nitrogen and oxygen atoms in total. The fourth-order valence-electron chi connectivity index (χ4n) is 2.99. The highest BCUT2D eigenvalue weighted by atomic mass is 32.1. The van der Waals surface area contributed by atoms with E-state index >= 15 is 0 Å². The lowest BCUT2D eigenvalue weighted by Gasteiger charge is -2.13. The van der Waals surface area contributed by atoms with E-state index in [2.05, 4.69) is 9.38 Å². The molecule has 0 saturated heterocycles. The van der Waals surface area contributed by atoms with E-state index in [1.54, 1.807) is 37.3 Å². The lowest BCUT2D eigenvalue weighted by Crippen LogP contribution is -2.08. The van der Waals surface area contributed by atoms with E-state index in [9.17, 15) is 4.57 Å². The molecule has 0 spiro atoms. The topological polar surface area (TPSA) is 66.0 Å². The van der Waals surface area contributed by atoms with Crippen LogP contribution in [0.3, 0.4) is 0 Å². The molecule has 0 fully saturated rings. The van der Waals surface area contributed by atoms with Crippen LogP contribution in [0.1, 0.15) is 19.5 Å². The zero-order valence-electron chi connectivity index (χ0n) is 14.8. The molecular formula is C18H19N2O4PS. The Morgan fingerprint density at radius 2 is 1.88 bits per heavy atom. The molecule has 4 aromatic rings. The molecule has 0 aliphatic heterocycles. The summed E-state index contributed by atoms with van der Waals surface area (Å²) in [6, 6.07) is 11.5. The van der Waals surface area contributed by atoms with Gasteiger partial charge >= 0.3 is 7.60 Å². The van der Waals surface area contributed by atoms with E-state index in [4.69, 9.17) is 13.5 Å². The van der Waals surface area contributed by atoms with Crippen LogP contribution < -0.4 is 5.50 Å². The van der Waals surface area contributed by atoms with E-state index in [0.29, 0.717) is 5.76 Å². The molecule has 0 saturated carbocycles. The van der Waals surface area contributed by atoms with E-state index < -0.39 is 7.60 Å². The van der Waals surface area contributed by atoms with Crippen molar-refractivity contribution in [2.45, 2.75) is 20.8 Å². The van der Waals surface area contributed by atoms with Crippen molar-refractivity contribution in [3.8, 4) is 10.6 Å². The van der Waals surface area contributed by atoms with Crippen molar-refractivity contribution in [3.05, 3.63) is 42.1 Å². The maximum Gasteiger partial charge on any atom is 0.396 e. The number of benzene rings is 1. The van der Waals surface area contributed by atoms with Crippen molar-refractivity contribution in [1.29, 1.82) is 0 Å². The molecule has 8 heteroatoms. The first-order chi connectivity index (χ1) is 12.6. The first-order valence-electron chi connectivity index (χ1n) is 8.44. The average molecular weight is 390 g/mol. The van der Waals surface area contributed by atoms with Crippen molar-refractivity contribution in [3.63, 3.8) is 0 Å². The Labute approximate surface area is 154 Å². The predicted octanol–water partition coefficient (Wildman–Crippen LogP) is 5.01. The van der Waals surface area contributed by atoms with Gasteiger partial charge in [-0.25, -0.2) is 4.98 Å². The van der Waals surface area contributed by atoms with E-state index in [1.807, 2.05) is 31.2 Å². The first kappa shape index (κ1) is 17.5. The van der Waals surface area contributed by atoms with E-state index in [1.165, 1.54) is 0 Å². The van der Waals surface area contributed by atoms with Crippen LogP contribution in [0.15, 0.2) is 40.8 Å². The summed E-state index contributed by atoms with van der Waals surface area (Å²) in [6.45, 7) is 6.15. The van der Waals surface area contributed by atoms with Crippen LogP contribution >= 0.6 is 18.9 Å². The van der Waals surface area contributed by atoms with Crippen molar-refractivity contribution < 1.29 is 18.0 Å². The number of aromatic nitrogens is 2. The number of thiazole rings is 1. The van der Waals surface area contributed by atoms with Gasteiger partial charge in [0.1, 0.15) is 5.76 Å². The van der Waals surface area contributed by atoms with Gasteiger partial charge in [-0.15, -0.1) is 0 Å². The number of para-hydroxylation sites is 2. The molecule has 0 amide bonds. The number of furan rings is 1. The molecule has 0 aliphatic rings. The summed E-state index contributed by atoms with van der Waals surface area (Å²) < 4.78 is 31.6. The molecule has 3 aromatic heterocycles. The molecular weight excluding hydrogens is 371 g/mol. The third-order valence-corrected chi connectivity index (χ3v) is 7.20. The molecule has 0 bridgehead atoms. The van der Waals surface area contributed by atoms with Gasteiger partial charge in [-0.1, -0.05) is 23.5 Å². The van der Waals surface area contributed by atoms with Crippen LogP contribution in [0.4, 0.5) is 0 Å². The van der Waals surface area contributed by atoms with Crippen molar-refractivity contribution in [2.75, 3.05) is 13.2 Å². The Balaban J connectivity index is 1.80. The van der Waals surface area contributed by atoms with Crippen LogP contribution in [0.5, 0.6) is 0 Å². The Bertz CT molecular complexity index is 1120. The van der Waals surface area contributed by atoms with Crippen molar-refractivity contribution in [1.82, 2.24) is 9.38 Å². The van der Waals surface area contributed by atoms with Gasteiger partial charge in [-0.05, 0) is 45.0 Å². The van der Waals surface area contributed by atoms with Gasteiger partial charge in [0.05, 0.1) is 29.1 Å². The van der Waals surface area contributed by atoms with Gasteiger partial charge < -0.3 is 13.5 Å². The predicted molar refractivity (Wildman–Crippen MR) is 104 cm³/mol. The quantitative estimate of drug-likeness (QED) is 0.433. The number of rotatable bonds is 6. The van der Waals surface area contributed by atoms with Gasteiger partial charge in [0, 0.05) is 5.69 Å². The molecule has 0 atom stereocenters. The van der Waals surface area contributed by atoms with Gasteiger partial charge in [0.15, 0.2) is 4.96 Å². The normalized spacial score (nSPS) is 12.4. The molecule has 0 aliphatic carbocycles. The van der Waals surface area contributed by atoms with Crippen LogP contribution in [-0.2, 0) is 13.6 Å². The zero-order chi connectivity index (χ0) is 18.3. The molecule has 0 N–H and O–H groups in total. The summed E-state index contributed by atoms with van der Waals surface area (Å²) in [5, 5.41) is 0. The molecule has 4 rings (SSSR count). The lowest BCUT2D eigenvalue weighted by molar-refractivity contribution is 0.225. The fourth-order valence-corrected chi connectivity index (χ4v) is 5.57. The SMILES string of the molecule is CCOP(=O)(OCC)c1ccc(-c2sc3nc4ccccc4n3c2C)o1. The minimum absolute atomic E-state index is 0.228. The van der Waals surface area contributed by atoms with Gasteiger partial charge in [-0.2, -0.15) is 0 Å². The van der Waals surface area contributed by atoms with Crippen LogP contribution in [0, 0.1) is 6.92 Å². The number of imidazole rings is 1. The Hall–Kier alpha value is -1.92. The van der Waals surface area contributed by atoms with Gasteiger partial charge in [-0.3, -0.25) is 8.97 Å². The molecule has 3 heterocycles. The second-order valence-corrected chi connectivity index (χ2v) is 8.64. The maximum atomic E-state index is 12.9. The summed E-state index contributed by atoms with van der Waals surface area (Å²) in [5.74, 6) is 0.636. The van der Waals surface area contributed by atoms with Gasteiger partial charge in [0.2, 0.25) is 5.50 Å². The Kier molecular flexibility index (Phi) is 4.49. The number of fused-ring (bicyclic) bond motifs is 3. The zero-order valence-corrected chi connectivity index (χ0v) is 16.5. The standard InChI is InChI=1S/C18H19N2O4PS/c1-4-22-25(21,23-5-2)16-11-10-15(24-16)17-12(3)20-14-9-7-6-8-13(14)19-18(20)26-17/h6-11H,4-5H2,1-3H3. The smallest absolute Gasteiger partial charge is 0.396 e. The van der Waals surface area contributed by atoms with Crippen molar-refractivity contribution in [2.24, 2.45) is 0 Å². The molecule has 26 heavy (non-hydrogen) atoms. The number of hydrogen-bond donors (Lipinski definition) is 0. The first-order valence-corrected chi connectivity index (χ1v) is 10.8. The summed E-state index contributed by atoms with van der Waals surface area (Å²) in [7, 11) is -3.43. The minimum Gasteiger partial charge on any atom is -0.447 e. The average Bonchev–Trinajstić information content (AvgIpc) is 3.30. The summed E-state index contributed by atoms with van der Waals surface area (Å²) in [4.78, 5) is 6.52. The molecule has 0 unspecified atom stereocenters. The third-order valence-electron chi connectivity index (χ3n) is 4.07. The Morgan fingerprint density at radius 1 is 1.15 bits per heavy atom. The maximum absolute atomic E-state index is 12.9. The Morgan fingerprint density at radius 3 is 2.62 bits per heavy atom. The van der Waals surface area contributed by atoms with Crippen LogP contribution in [-0.4, -0.2) is 22.6 Å². The summed E-state index contributed by atoms with van der Waals surface area (Å²) in [5.41, 5.74) is 3.28. The fraction of sp³-hybridized carbons (Fsp3) is 0.278. The van der Waals surface area contributed by atoms with Crippen LogP contribution in [0.25, 0.3) is 26.6 Å². The second kappa shape index (κ2) is 6.67. The molecule has 1 aromatic carbocycles. The van der Waals surface area contributed by atoms with Crippen molar-refractivity contribution >= 4 is 40.4 Å². The third kappa shape index (κ3) is 2.72. The van der Waals surface area contributed by atoms with Crippen LogP contribution in [0.2, 0.25) is 0 Å². The number of hydrogen-bond acceptors (Lipinski definition) is 6. The summed E-state index contributed by atoms with van der Waals surface area (Å²) in [6.07, 6.45) is 0. The monoisotopic (exact) mass is 390 g/mol. The minimum atomic E-state index is -3.43. The largest absolute Gasteiger partial charge is 0.447 e. The molecule has 136 valence electrons. The van der Waals surface area contributed by atoms with E-state index in [-0.39, 0.29) is 18.7 Å². The summed E-state index contributed by atoms with van der Waals surface area (Å²) >= 11 is 1.54.